The molecule has 1 aromatic heterocycles. The fraction of sp³-hybridized carbons (Fsp3) is 0.375. The first-order valence-electron chi connectivity index (χ1n) is 3.93. The predicted molar refractivity (Wildman–Crippen MR) is 54.8 cm³/mol. The molecule has 0 atom stereocenters. The lowest BCUT2D eigenvalue weighted by atomic mass is 10.4. The van der Waals surface area contributed by atoms with E-state index in [0.29, 0.717) is 5.03 Å². The monoisotopic (exact) mass is 232 g/mol. The maximum atomic E-state index is 11.1. The van der Waals surface area contributed by atoms with E-state index in [0.717, 1.165) is 5.75 Å². The van der Waals surface area contributed by atoms with Crippen LogP contribution in [-0.2, 0) is 4.74 Å². The normalized spacial score (nSPS) is 9.93. The number of aromatic nitrogens is 2. The molecule has 1 heterocycles. The Hall–Kier alpha value is -0.810. The van der Waals surface area contributed by atoms with E-state index in [4.69, 9.17) is 11.6 Å². The summed E-state index contributed by atoms with van der Waals surface area (Å²) >= 11 is 7.13. The highest BCUT2D eigenvalue weighted by Crippen LogP contribution is 2.17. The highest BCUT2D eigenvalue weighted by molar-refractivity contribution is 7.99. The molecule has 0 bridgehead atoms. The Morgan fingerprint density at radius 2 is 2.36 bits per heavy atom. The van der Waals surface area contributed by atoms with Crippen LogP contribution in [0.3, 0.4) is 0 Å². The Labute approximate surface area is 91.0 Å². The van der Waals surface area contributed by atoms with Crippen molar-refractivity contribution in [1.29, 1.82) is 0 Å². The van der Waals surface area contributed by atoms with Crippen LogP contribution in [-0.4, -0.2) is 28.8 Å². The average molecular weight is 233 g/mol. The molecule has 76 valence electrons. The smallest absolute Gasteiger partial charge is 0.356 e. The molecule has 14 heavy (non-hydrogen) atoms. The van der Waals surface area contributed by atoms with Crippen LogP contribution in [0.15, 0.2) is 11.1 Å². The molecule has 1 rings (SSSR count). The molecular formula is C8H9ClN2O2S. The zero-order chi connectivity index (χ0) is 10.6. The van der Waals surface area contributed by atoms with E-state index in [1.165, 1.54) is 18.9 Å². The Balaban J connectivity index is 3.00. The van der Waals surface area contributed by atoms with Crippen molar-refractivity contribution in [3.05, 3.63) is 17.0 Å². The van der Waals surface area contributed by atoms with Crippen molar-refractivity contribution >= 4 is 29.3 Å². The number of halogens is 1. The summed E-state index contributed by atoms with van der Waals surface area (Å²) < 4.78 is 4.53. The van der Waals surface area contributed by atoms with E-state index in [-0.39, 0.29) is 11.0 Å². The number of esters is 1. The summed E-state index contributed by atoms with van der Waals surface area (Å²) in [5.41, 5.74) is 0.184. The topological polar surface area (TPSA) is 52.1 Å². The van der Waals surface area contributed by atoms with E-state index < -0.39 is 5.97 Å². The molecule has 6 heteroatoms. The Morgan fingerprint density at radius 3 is 2.93 bits per heavy atom. The standard InChI is InChI=1S/C8H9ClN2O2S/c1-3-14-6-4-5(7(12)13-2)10-8(9)11-6/h4H,3H2,1-2H3. The highest BCUT2D eigenvalue weighted by Gasteiger charge is 2.10. The highest BCUT2D eigenvalue weighted by atomic mass is 35.5. The van der Waals surface area contributed by atoms with Gasteiger partial charge in [0.15, 0.2) is 5.69 Å². The predicted octanol–water partition coefficient (Wildman–Crippen LogP) is 2.03. The lowest BCUT2D eigenvalue weighted by Gasteiger charge is -2.01. The van der Waals surface area contributed by atoms with Gasteiger partial charge in [-0.3, -0.25) is 0 Å². The van der Waals surface area contributed by atoms with Crippen molar-refractivity contribution in [2.75, 3.05) is 12.9 Å². The van der Waals surface area contributed by atoms with E-state index in [1.807, 2.05) is 6.92 Å². The second-order valence-electron chi connectivity index (χ2n) is 2.29. The van der Waals surface area contributed by atoms with Gasteiger partial charge in [0.05, 0.1) is 7.11 Å². The summed E-state index contributed by atoms with van der Waals surface area (Å²) in [5, 5.41) is 0.733. The number of carbonyl (C=O) groups is 1. The molecule has 0 aromatic carbocycles. The van der Waals surface area contributed by atoms with E-state index in [1.54, 1.807) is 6.07 Å². The van der Waals surface area contributed by atoms with Crippen LogP contribution in [0.2, 0.25) is 5.28 Å². The van der Waals surface area contributed by atoms with E-state index in [9.17, 15) is 4.79 Å². The van der Waals surface area contributed by atoms with Gasteiger partial charge in [0.2, 0.25) is 5.28 Å². The summed E-state index contributed by atoms with van der Waals surface area (Å²) in [5.74, 6) is 0.348. The quantitative estimate of drug-likeness (QED) is 0.345. The molecule has 1 aromatic rings. The number of ether oxygens (including phenoxy) is 1. The molecule has 0 spiro atoms. The molecule has 0 N–H and O–H groups in total. The van der Waals surface area contributed by atoms with Crippen LogP contribution in [0.1, 0.15) is 17.4 Å². The molecule has 0 aliphatic rings. The lowest BCUT2D eigenvalue weighted by molar-refractivity contribution is 0.0593. The number of thioether (sulfide) groups is 1. The number of hydrogen-bond donors (Lipinski definition) is 0. The van der Waals surface area contributed by atoms with Gasteiger partial charge in [-0.2, -0.15) is 0 Å². The zero-order valence-electron chi connectivity index (χ0n) is 7.78. The molecule has 0 aliphatic heterocycles. The maximum Gasteiger partial charge on any atom is 0.356 e. The maximum absolute atomic E-state index is 11.1. The van der Waals surface area contributed by atoms with Crippen molar-refractivity contribution in [2.24, 2.45) is 0 Å². The summed E-state index contributed by atoms with van der Waals surface area (Å²) in [6.07, 6.45) is 0. The van der Waals surface area contributed by atoms with Gasteiger partial charge in [-0.25, -0.2) is 14.8 Å². The van der Waals surface area contributed by atoms with E-state index in [2.05, 4.69) is 14.7 Å². The number of nitrogens with zero attached hydrogens (tertiary/aromatic N) is 2. The minimum absolute atomic E-state index is 0.0591. The summed E-state index contributed by atoms with van der Waals surface area (Å²) in [7, 11) is 1.30. The van der Waals surface area contributed by atoms with Crippen molar-refractivity contribution in [1.82, 2.24) is 9.97 Å². The van der Waals surface area contributed by atoms with Gasteiger partial charge in [0.25, 0.3) is 0 Å². The molecule has 0 fully saturated rings. The van der Waals surface area contributed by atoms with Crippen molar-refractivity contribution in [3.63, 3.8) is 0 Å². The van der Waals surface area contributed by atoms with Gasteiger partial charge in [0, 0.05) is 6.07 Å². The fourth-order valence-corrected chi connectivity index (χ4v) is 1.70. The molecule has 0 unspecified atom stereocenters. The largest absolute Gasteiger partial charge is 0.464 e. The second kappa shape index (κ2) is 5.17. The number of methoxy groups -OCH3 is 1. The Bertz CT molecular complexity index is 346. The van der Waals surface area contributed by atoms with Crippen molar-refractivity contribution in [2.45, 2.75) is 11.9 Å². The minimum atomic E-state index is -0.507. The Kier molecular flexibility index (Phi) is 4.16. The summed E-state index contributed by atoms with van der Waals surface area (Å²) in [4.78, 5) is 18.8. The van der Waals surface area contributed by atoms with Gasteiger partial charge < -0.3 is 4.74 Å². The summed E-state index contributed by atoms with van der Waals surface area (Å²) in [6, 6.07) is 1.56. The van der Waals surface area contributed by atoms with Gasteiger partial charge in [0.1, 0.15) is 5.03 Å². The van der Waals surface area contributed by atoms with Gasteiger partial charge in [-0.1, -0.05) is 6.92 Å². The second-order valence-corrected chi connectivity index (χ2v) is 3.91. The van der Waals surface area contributed by atoms with Crippen LogP contribution < -0.4 is 0 Å². The molecule has 0 amide bonds. The van der Waals surface area contributed by atoms with Crippen LogP contribution in [0.25, 0.3) is 0 Å². The van der Waals surface area contributed by atoms with E-state index >= 15 is 0 Å². The van der Waals surface area contributed by atoms with Crippen LogP contribution in [0.5, 0.6) is 0 Å². The first kappa shape index (κ1) is 11.3. The minimum Gasteiger partial charge on any atom is -0.464 e. The molecule has 0 saturated carbocycles. The molecule has 4 nitrogen and oxygen atoms in total. The number of hydrogen-bond acceptors (Lipinski definition) is 5. The number of rotatable bonds is 3. The zero-order valence-corrected chi connectivity index (χ0v) is 9.35. The Morgan fingerprint density at radius 1 is 1.64 bits per heavy atom. The lowest BCUT2D eigenvalue weighted by Crippen LogP contribution is -2.05. The third-order valence-corrected chi connectivity index (χ3v) is 2.32. The average Bonchev–Trinajstić information content (AvgIpc) is 2.16. The third-order valence-electron chi connectivity index (χ3n) is 1.36. The van der Waals surface area contributed by atoms with Gasteiger partial charge >= 0.3 is 5.97 Å². The van der Waals surface area contributed by atoms with Gasteiger partial charge in [-0.15, -0.1) is 11.8 Å². The first-order chi connectivity index (χ1) is 6.67. The van der Waals surface area contributed by atoms with Crippen LogP contribution in [0, 0.1) is 0 Å². The van der Waals surface area contributed by atoms with Gasteiger partial charge in [-0.05, 0) is 17.4 Å². The molecule has 0 saturated heterocycles. The van der Waals surface area contributed by atoms with Crippen LogP contribution >= 0.6 is 23.4 Å². The molecule has 0 radical (unpaired) electrons. The third kappa shape index (κ3) is 2.85. The van der Waals surface area contributed by atoms with Crippen molar-refractivity contribution in [3.8, 4) is 0 Å². The number of carbonyl (C=O) groups excluding carboxylic acids is 1. The first-order valence-corrected chi connectivity index (χ1v) is 5.29. The SMILES string of the molecule is CCSc1cc(C(=O)OC)nc(Cl)n1. The summed E-state index contributed by atoms with van der Waals surface area (Å²) in [6.45, 7) is 1.98. The van der Waals surface area contributed by atoms with Crippen molar-refractivity contribution < 1.29 is 9.53 Å². The molecule has 0 aliphatic carbocycles. The fourth-order valence-electron chi connectivity index (χ4n) is 0.828. The molecular weight excluding hydrogens is 224 g/mol. The van der Waals surface area contributed by atoms with Crippen LogP contribution in [0.4, 0.5) is 0 Å².